The highest BCUT2D eigenvalue weighted by atomic mass is 35.5. The Kier molecular flexibility index (Phi) is 6.69. The van der Waals surface area contributed by atoms with Crippen LogP contribution in [-0.4, -0.2) is 65.1 Å². The summed E-state index contributed by atoms with van der Waals surface area (Å²) >= 11 is 5.96. The molecule has 0 N–H and O–H groups in total. The molecular formula is C22H27ClF3N5. The zero-order valence-electron chi connectivity index (χ0n) is 17.6. The molecule has 2 saturated heterocycles. The smallest absolute Gasteiger partial charge is 0.339 e. The lowest BCUT2D eigenvalue weighted by Gasteiger charge is -2.38. The summed E-state index contributed by atoms with van der Waals surface area (Å²) in [4.78, 5) is 15.0. The quantitative estimate of drug-likeness (QED) is 0.681. The monoisotopic (exact) mass is 453 g/mol. The van der Waals surface area contributed by atoms with Crippen molar-refractivity contribution in [3.05, 3.63) is 52.3 Å². The first kappa shape index (κ1) is 22.3. The van der Waals surface area contributed by atoms with Crippen LogP contribution in [0, 0.1) is 0 Å². The zero-order valence-corrected chi connectivity index (χ0v) is 18.3. The van der Waals surface area contributed by atoms with Crippen LogP contribution in [0.15, 0.2) is 30.3 Å². The highest BCUT2D eigenvalue weighted by molar-refractivity contribution is 6.30. The molecule has 0 saturated carbocycles. The van der Waals surface area contributed by atoms with Gasteiger partial charge in [0.15, 0.2) is 0 Å². The highest BCUT2D eigenvalue weighted by Crippen LogP contribution is 2.30. The van der Waals surface area contributed by atoms with Crippen LogP contribution in [-0.2, 0) is 19.1 Å². The van der Waals surface area contributed by atoms with Gasteiger partial charge in [0.2, 0.25) is 5.95 Å². The van der Waals surface area contributed by atoms with Crippen LogP contribution in [0.5, 0.6) is 0 Å². The van der Waals surface area contributed by atoms with Crippen LogP contribution >= 0.6 is 11.6 Å². The molecule has 2 aliphatic rings. The van der Waals surface area contributed by atoms with Crippen molar-refractivity contribution in [1.82, 2.24) is 19.8 Å². The molecular weight excluding hydrogens is 427 g/mol. The number of nitrogens with zero attached hydrogens (tertiary/aromatic N) is 5. The average Bonchev–Trinajstić information content (AvgIpc) is 3.25. The SMILES string of the molecule is CCc1cc(C(F)(F)F)nc(N2CC[C@H](N3CCN(Cc4ccc(Cl)cc4)CC3)C2)n1. The molecule has 5 nitrogen and oxygen atoms in total. The van der Waals surface area contributed by atoms with Gasteiger partial charge in [0, 0.05) is 62.6 Å². The first-order valence-electron chi connectivity index (χ1n) is 10.7. The molecule has 0 aliphatic carbocycles. The van der Waals surface area contributed by atoms with Crippen molar-refractivity contribution in [2.24, 2.45) is 0 Å². The molecule has 2 aromatic rings. The third-order valence-corrected chi connectivity index (χ3v) is 6.36. The summed E-state index contributed by atoms with van der Waals surface area (Å²) in [6.07, 6.45) is -3.09. The standard InChI is InChI=1S/C22H27ClF3N5/c1-2-18-13-20(22(24,25)26)28-21(27-18)31-8-7-19(15-31)30-11-9-29(10-12-30)14-16-3-5-17(23)6-4-16/h3-6,13,19H,2,7-12,14-15H2,1H3/t19-/m0/s1. The second-order valence-corrected chi connectivity index (χ2v) is 8.66. The molecule has 31 heavy (non-hydrogen) atoms. The fourth-order valence-corrected chi connectivity index (χ4v) is 4.43. The summed E-state index contributed by atoms with van der Waals surface area (Å²) in [6, 6.07) is 9.32. The van der Waals surface area contributed by atoms with Crippen LogP contribution < -0.4 is 4.90 Å². The number of hydrogen-bond acceptors (Lipinski definition) is 5. The number of piperazine rings is 1. The Labute approximate surface area is 185 Å². The number of benzene rings is 1. The van der Waals surface area contributed by atoms with Crippen molar-refractivity contribution in [2.45, 2.75) is 38.5 Å². The first-order valence-corrected chi connectivity index (χ1v) is 11.1. The van der Waals surface area contributed by atoms with Gasteiger partial charge in [0.05, 0.1) is 0 Å². The van der Waals surface area contributed by atoms with E-state index < -0.39 is 11.9 Å². The summed E-state index contributed by atoms with van der Waals surface area (Å²) in [5.74, 6) is 0.204. The predicted molar refractivity (Wildman–Crippen MR) is 115 cm³/mol. The molecule has 9 heteroatoms. The molecule has 3 heterocycles. The molecule has 0 bridgehead atoms. The molecule has 0 amide bonds. The van der Waals surface area contributed by atoms with E-state index in [1.807, 2.05) is 24.0 Å². The maximum Gasteiger partial charge on any atom is 0.433 e. The van der Waals surface area contributed by atoms with Crippen molar-refractivity contribution in [1.29, 1.82) is 0 Å². The van der Waals surface area contributed by atoms with E-state index in [1.54, 1.807) is 0 Å². The number of aromatic nitrogens is 2. The second kappa shape index (κ2) is 9.30. The van der Waals surface area contributed by atoms with Crippen molar-refractivity contribution in [2.75, 3.05) is 44.2 Å². The van der Waals surface area contributed by atoms with Crippen LogP contribution in [0.3, 0.4) is 0 Å². The van der Waals surface area contributed by atoms with Crippen molar-refractivity contribution >= 4 is 17.5 Å². The van der Waals surface area contributed by atoms with Gasteiger partial charge in [-0.1, -0.05) is 30.7 Å². The van der Waals surface area contributed by atoms with E-state index in [1.165, 1.54) is 5.56 Å². The second-order valence-electron chi connectivity index (χ2n) is 8.22. The molecule has 0 unspecified atom stereocenters. The minimum Gasteiger partial charge on any atom is -0.339 e. The van der Waals surface area contributed by atoms with E-state index >= 15 is 0 Å². The van der Waals surface area contributed by atoms with Gasteiger partial charge in [-0.15, -0.1) is 0 Å². The van der Waals surface area contributed by atoms with Crippen LogP contribution in [0.2, 0.25) is 5.02 Å². The molecule has 0 spiro atoms. The van der Waals surface area contributed by atoms with Gasteiger partial charge >= 0.3 is 6.18 Å². The fourth-order valence-electron chi connectivity index (χ4n) is 4.31. The maximum absolute atomic E-state index is 13.2. The molecule has 168 valence electrons. The third-order valence-electron chi connectivity index (χ3n) is 6.11. The summed E-state index contributed by atoms with van der Waals surface area (Å²) in [7, 11) is 0. The van der Waals surface area contributed by atoms with Crippen LogP contribution in [0.4, 0.5) is 19.1 Å². The Morgan fingerprint density at radius 3 is 2.39 bits per heavy atom. The summed E-state index contributed by atoms with van der Waals surface area (Å²) in [5.41, 5.74) is 0.823. The summed E-state index contributed by atoms with van der Waals surface area (Å²) in [5, 5.41) is 0.746. The fraction of sp³-hybridized carbons (Fsp3) is 0.545. The van der Waals surface area contributed by atoms with Gasteiger partial charge in [-0.25, -0.2) is 9.97 Å². The maximum atomic E-state index is 13.2. The summed E-state index contributed by atoms with van der Waals surface area (Å²) < 4.78 is 39.7. The highest BCUT2D eigenvalue weighted by Gasteiger charge is 2.36. The van der Waals surface area contributed by atoms with Crippen molar-refractivity contribution < 1.29 is 13.2 Å². The van der Waals surface area contributed by atoms with Crippen molar-refractivity contribution in [3.8, 4) is 0 Å². The molecule has 4 rings (SSSR count). The van der Waals surface area contributed by atoms with Gasteiger partial charge in [-0.3, -0.25) is 9.80 Å². The van der Waals surface area contributed by atoms with E-state index in [0.29, 0.717) is 31.2 Å². The van der Waals surface area contributed by atoms with E-state index in [-0.39, 0.29) is 5.95 Å². The number of aryl methyl sites for hydroxylation is 1. The van der Waals surface area contributed by atoms with E-state index in [9.17, 15) is 13.2 Å². The molecule has 1 aromatic carbocycles. The van der Waals surface area contributed by atoms with Crippen molar-refractivity contribution in [3.63, 3.8) is 0 Å². The predicted octanol–water partition coefficient (Wildman–Crippen LogP) is 4.11. The minimum absolute atomic E-state index is 0.204. The molecule has 1 aromatic heterocycles. The summed E-state index contributed by atoms with van der Waals surface area (Å²) in [6.45, 7) is 7.91. The van der Waals surface area contributed by atoms with Gasteiger partial charge < -0.3 is 4.90 Å². The van der Waals surface area contributed by atoms with Gasteiger partial charge in [0.1, 0.15) is 5.69 Å². The Morgan fingerprint density at radius 1 is 1.03 bits per heavy atom. The average molecular weight is 454 g/mol. The van der Waals surface area contributed by atoms with Crippen LogP contribution in [0.25, 0.3) is 0 Å². The van der Waals surface area contributed by atoms with E-state index in [2.05, 4.69) is 31.9 Å². The van der Waals surface area contributed by atoms with E-state index in [0.717, 1.165) is 50.2 Å². The lowest BCUT2D eigenvalue weighted by Crippen LogP contribution is -2.50. The topological polar surface area (TPSA) is 35.5 Å². The zero-order chi connectivity index (χ0) is 22.0. The largest absolute Gasteiger partial charge is 0.433 e. The lowest BCUT2D eigenvalue weighted by atomic mass is 10.1. The molecule has 0 radical (unpaired) electrons. The molecule has 2 aliphatic heterocycles. The number of alkyl halides is 3. The number of rotatable bonds is 5. The molecule has 2 fully saturated rings. The van der Waals surface area contributed by atoms with Crippen LogP contribution in [0.1, 0.15) is 30.3 Å². The van der Waals surface area contributed by atoms with E-state index in [4.69, 9.17) is 11.6 Å². The van der Waals surface area contributed by atoms with Gasteiger partial charge in [-0.05, 0) is 36.6 Å². The minimum atomic E-state index is -4.46. The molecule has 1 atom stereocenters. The Morgan fingerprint density at radius 2 is 1.74 bits per heavy atom. The third kappa shape index (κ3) is 5.48. The Balaban J connectivity index is 1.34. The lowest BCUT2D eigenvalue weighted by molar-refractivity contribution is -0.141. The number of hydrogen-bond donors (Lipinski definition) is 0. The number of halogens is 4. The van der Waals surface area contributed by atoms with Gasteiger partial charge in [0.25, 0.3) is 0 Å². The Hall–Kier alpha value is -1.90. The first-order chi connectivity index (χ1) is 14.8. The number of anilines is 1. The Bertz CT molecular complexity index is 882. The van der Waals surface area contributed by atoms with Gasteiger partial charge in [-0.2, -0.15) is 13.2 Å². The normalized spacial score (nSPS) is 21.1.